The van der Waals surface area contributed by atoms with Crippen LogP contribution in [0.5, 0.6) is 0 Å². The Morgan fingerprint density at radius 2 is 2.33 bits per heavy atom. The van der Waals surface area contributed by atoms with E-state index in [9.17, 15) is 9.18 Å². The van der Waals surface area contributed by atoms with Crippen LogP contribution >= 0.6 is 11.6 Å². The van der Waals surface area contributed by atoms with Crippen molar-refractivity contribution in [3.63, 3.8) is 0 Å². The second-order valence-electron chi connectivity index (χ2n) is 2.87. The van der Waals surface area contributed by atoms with Crippen LogP contribution in [0, 0.1) is 5.82 Å². The van der Waals surface area contributed by atoms with Crippen LogP contribution in [0.1, 0.15) is 10.5 Å². The van der Waals surface area contributed by atoms with Gasteiger partial charge in [0.15, 0.2) is 11.0 Å². The smallest absolute Gasteiger partial charge is 0.354 e. The number of nitrogens with zero attached hydrogens (tertiary/aromatic N) is 1. The third kappa shape index (κ3) is 1.66. The highest BCUT2D eigenvalue weighted by Gasteiger charge is 2.12. The Morgan fingerprint density at radius 3 is 3.00 bits per heavy atom. The Labute approximate surface area is 89.0 Å². The summed E-state index contributed by atoms with van der Waals surface area (Å²) in [6, 6.07) is 2.65. The zero-order valence-electron chi connectivity index (χ0n) is 7.67. The minimum atomic E-state index is -0.625. The predicted octanol–water partition coefficient (Wildman–Crippen LogP) is 2.14. The summed E-state index contributed by atoms with van der Waals surface area (Å²) in [4.78, 5) is 17.6. The number of methoxy groups -OCH3 is 1. The second kappa shape index (κ2) is 3.51. The van der Waals surface area contributed by atoms with Crippen LogP contribution in [-0.2, 0) is 4.74 Å². The molecule has 0 aliphatic rings. The number of aromatic amines is 1. The van der Waals surface area contributed by atoms with E-state index in [-0.39, 0.29) is 10.8 Å². The molecule has 0 aliphatic heterocycles. The summed E-state index contributed by atoms with van der Waals surface area (Å²) in [5.74, 6) is -1.16. The largest absolute Gasteiger partial charge is 0.464 e. The molecule has 0 atom stereocenters. The average Bonchev–Trinajstić information content (AvgIpc) is 2.60. The number of hydrogen-bond acceptors (Lipinski definition) is 3. The zero-order valence-corrected chi connectivity index (χ0v) is 8.43. The molecule has 0 aromatic carbocycles. The first kappa shape index (κ1) is 9.92. The molecule has 0 bridgehead atoms. The lowest BCUT2D eigenvalue weighted by Crippen LogP contribution is -2.00. The number of carbonyl (C=O) groups is 1. The highest BCUT2D eigenvalue weighted by molar-refractivity contribution is 6.29. The predicted molar refractivity (Wildman–Crippen MR) is 52.4 cm³/mol. The van der Waals surface area contributed by atoms with Gasteiger partial charge in [0.2, 0.25) is 0 Å². The summed E-state index contributed by atoms with van der Waals surface area (Å²) in [6.07, 6.45) is 0. The van der Waals surface area contributed by atoms with Crippen molar-refractivity contribution in [2.24, 2.45) is 0 Å². The molecule has 0 unspecified atom stereocenters. The van der Waals surface area contributed by atoms with E-state index in [0.717, 1.165) is 0 Å². The number of nitrogens with one attached hydrogen (secondary N) is 1. The van der Waals surface area contributed by atoms with Crippen molar-refractivity contribution in [1.82, 2.24) is 9.97 Å². The SMILES string of the molecule is COC(=O)c1cc2cc(F)c(Cl)nc2[nH]1. The Balaban J connectivity index is 2.61. The molecule has 2 aromatic heterocycles. The van der Waals surface area contributed by atoms with Gasteiger partial charge in [0.1, 0.15) is 11.3 Å². The average molecular weight is 229 g/mol. The van der Waals surface area contributed by atoms with Crippen LogP contribution in [0.2, 0.25) is 5.15 Å². The minimum Gasteiger partial charge on any atom is -0.464 e. The van der Waals surface area contributed by atoms with E-state index in [0.29, 0.717) is 11.0 Å². The molecule has 15 heavy (non-hydrogen) atoms. The van der Waals surface area contributed by atoms with E-state index in [2.05, 4.69) is 14.7 Å². The normalized spacial score (nSPS) is 10.6. The van der Waals surface area contributed by atoms with E-state index < -0.39 is 11.8 Å². The number of fused-ring (bicyclic) bond motifs is 1. The molecule has 2 aromatic rings. The van der Waals surface area contributed by atoms with Gasteiger partial charge in [-0.2, -0.15) is 0 Å². The molecule has 6 heteroatoms. The number of H-pyrrole nitrogens is 1. The van der Waals surface area contributed by atoms with Crippen LogP contribution in [0.4, 0.5) is 4.39 Å². The molecule has 78 valence electrons. The Bertz CT molecular complexity index is 499. The number of rotatable bonds is 1. The molecule has 0 fully saturated rings. The van der Waals surface area contributed by atoms with Gasteiger partial charge in [0.05, 0.1) is 7.11 Å². The summed E-state index contributed by atoms with van der Waals surface area (Å²) in [6.45, 7) is 0. The number of halogens is 2. The topological polar surface area (TPSA) is 55.0 Å². The lowest BCUT2D eigenvalue weighted by molar-refractivity contribution is 0.0595. The molecule has 0 aliphatic carbocycles. The molecule has 2 rings (SSSR count). The standard InChI is InChI=1S/C9H6ClFN2O2/c1-15-9(14)6-3-4-2-5(11)7(10)13-8(4)12-6/h2-3H,1H3,(H,12,13). The van der Waals surface area contributed by atoms with Crippen molar-refractivity contribution in [3.8, 4) is 0 Å². The van der Waals surface area contributed by atoms with Crippen molar-refractivity contribution >= 4 is 28.6 Å². The Morgan fingerprint density at radius 1 is 1.60 bits per heavy atom. The van der Waals surface area contributed by atoms with Crippen molar-refractivity contribution in [1.29, 1.82) is 0 Å². The van der Waals surface area contributed by atoms with E-state index in [1.807, 2.05) is 0 Å². The second-order valence-corrected chi connectivity index (χ2v) is 3.23. The number of esters is 1. The zero-order chi connectivity index (χ0) is 11.0. The van der Waals surface area contributed by atoms with Crippen LogP contribution in [0.25, 0.3) is 11.0 Å². The van der Waals surface area contributed by atoms with Crippen molar-refractivity contribution in [3.05, 3.63) is 28.8 Å². The molecule has 1 N–H and O–H groups in total. The van der Waals surface area contributed by atoms with Crippen molar-refractivity contribution in [2.75, 3.05) is 7.11 Å². The third-order valence-corrected chi connectivity index (χ3v) is 2.19. The third-order valence-electron chi connectivity index (χ3n) is 1.92. The van der Waals surface area contributed by atoms with E-state index >= 15 is 0 Å². The first-order valence-electron chi connectivity index (χ1n) is 4.05. The van der Waals surface area contributed by atoms with Gasteiger partial charge in [-0.1, -0.05) is 11.6 Å². The first-order chi connectivity index (χ1) is 7.11. The van der Waals surface area contributed by atoms with Crippen LogP contribution < -0.4 is 0 Å². The van der Waals surface area contributed by atoms with Crippen LogP contribution in [0.3, 0.4) is 0 Å². The molecular formula is C9H6ClFN2O2. The van der Waals surface area contributed by atoms with Gasteiger partial charge in [0.25, 0.3) is 0 Å². The van der Waals surface area contributed by atoms with Gasteiger partial charge in [0, 0.05) is 5.39 Å². The lowest BCUT2D eigenvalue weighted by atomic mass is 10.3. The summed E-state index contributed by atoms with van der Waals surface area (Å²) >= 11 is 5.49. The van der Waals surface area contributed by atoms with Crippen LogP contribution in [-0.4, -0.2) is 23.0 Å². The van der Waals surface area contributed by atoms with Crippen molar-refractivity contribution in [2.45, 2.75) is 0 Å². The van der Waals surface area contributed by atoms with Crippen LogP contribution in [0.15, 0.2) is 12.1 Å². The molecule has 0 radical (unpaired) electrons. The monoisotopic (exact) mass is 228 g/mol. The lowest BCUT2D eigenvalue weighted by Gasteiger charge is -1.92. The molecule has 0 saturated heterocycles. The van der Waals surface area contributed by atoms with Crippen molar-refractivity contribution < 1.29 is 13.9 Å². The fourth-order valence-electron chi connectivity index (χ4n) is 1.23. The summed E-state index contributed by atoms with van der Waals surface area (Å²) < 4.78 is 17.5. The van der Waals surface area contributed by atoms with Gasteiger partial charge in [-0.15, -0.1) is 0 Å². The van der Waals surface area contributed by atoms with Gasteiger partial charge < -0.3 is 9.72 Å². The maximum absolute atomic E-state index is 13.0. The molecule has 2 heterocycles. The molecule has 0 saturated carbocycles. The molecule has 0 spiro atoms. The van der Waals surface area contributed by atoms with Gasteiger partial charge in [-0.25, -0.2) is 14.2 Å². The number of pyridine rings is 1. The number of aromatic nitrogens is 2. The Kier molecular flexibility index (Phi) is 2.32. The maximum Gasteiger partial charge on any atom is 0.354 e. The number of ether oxygens (including phenoxy) is 1. The molecular weight excluding hydrogens is 223 g/mol. The quantitative estimate of drug-likeness (QED) is 0.601. The highest BCUT2D eigenvalue weighted by atomic mass is 35.5. The van der Waals surface area contributed by atoms with Gasteiger partial charge in [-0.3, -0.25) is 0 Å². The number of hydrogen-bond donors (Lipinski definition) is 1. The number of carbonyl (C=O) groups excluding carboxylic acids is 1. The first-order valence-corrected chi connectivity index (χ1v) is 4.42. The van der Waals surface area contributed by atoms with Gasteiger partial charge >= 0.3 is 5.97 Å². The van der Waals surface area contributed by atoms with E-state index in [1.54, 1.807) is 0 Å². The van der Waals surface area contributed by atoms with Gasteiger partial charge in [-0.05, 0) is 12.1 Å². The molecule has 4 nitrogen and oxygen atoms in total. The summed E-state index contributed by atoms with van der Waals surface area (Å²) in [5, 5.41) is 0.234. The minimum absolute atomic E-state index is 0.210. The summed E-state index contributed by atoms with van der Waals surface area (Å²) in [7, 11) is 1.26. The maximum atomic E-state index is 13.0. The Hall–Kier alpha value is -1.62. The van der Waals surface area contributed by atoms with E-state index in [1.165, 1.54) is 19.2 Å². The fourth-order valence-corrected chi connectivity index (χ4v) is 1.37. The molecule has 0 amide bonds. The highest BCUT2D eigenvalue weighted by Crippen LogP contribution is 2.20. The summed E-state index contributed by atoms with van der Waals surface area (Å²) in [5.41, 5.74) is 0.559. The van der Waals surface area contributed by atoms with E-state index in [4.69, 9.17) is 11.6 Å². The fraction of sp³-hybridized carbons (Fsp3) is 0.111.